The lowest BCUT2D eigenvalue weighted by Gasteiger charge is -2.14. The van der Waals surface area contributed by atoms with Crippen LogP contribution in [0.3, 0.4) is 0 Å². The minimum Gasteiger partial charge on any atom is -0.493 e. The SMILES string of the molecule is COc1cc(C(=O)NCC(=O)OCc2cc(=O)oc3ccc4ccccc4c23)cc(OC)c1OC. The molecule has 1 aromatic heterocycles. The smallest absolute Gasteiger partial charge is 0.336 e. The van der Waals surface area contributed by atoms with E-state index in [-0.39, 0.29) is 18.7 Å². The van der Waals surface area contributed by atoms with Gasteiger partial charge in [-0.25, -0.2) is 4.79 Å². The van der Waals surface area contributed by atoms with Gasteiger partial charge in [0, 0.05) is 22.6 Å². The maximum atomic E-state index is 12.6. The Balaban J connectivity index is 1.47. The Morgan fingerprint density at radius 3 is 2.31 bits per heavy atom. The molecule has 35 heavy (non-hydrogen) atoms. The van der Waals surface area contributed by atoms with Crippen LogP contribution in [0.1, 0.15) is 15.9 Å². The van der Waals surface area contributed by atoms with Crippen molar-refractivity contribution in [2.45, 2.75) is 6.61 Å². The van der Waals surface area contributed by atoms with Gasteiger partial charge in [0.25, 0.3) is 5.91 Å². The largest absolute Gasteiger partial charge is 0.493 e. The molecule has 4 rings (SSSR count). The molecule has 0 aliphatic heterocycles. The Hall–Kier alpha value is -4.53. The average Bonchev–Trinajstić information content (AvgIpc) is 2.88. The summed E-state index contributed by atoms with van der Waals surface area (Å²) < 4.78 is 26.4. The molecule has 1 N–H and O–H groups in total. The number of rotatable bonds is 8. The third-order valence-electron chi connectivity index (χ3n) is 5.42. The number of carbonyl (C=O) groups excluding carboxylic acids is 2. The molecular weight excluding hydrogens is 454 g/mol. The normalized spacial score (nSPS) is 10.7. The van der Waals surface area contributed by atoms with Gasteiger partial charge >= 0.3 is 11.6 Å². The van der Waals surface area contributed by atoms with Crippen LogP contribution in [0.5, 0.6) is 17.2 Å². The van der Waals surface area contributed by atoms with Crippen molar-refractivity contribution in [3.05, 3.63) is 76.1 Å². The van der Waals surface area contributed by atoms with Crippen LogP contribution >= 0.6 is 0 Å². The first-order valence-electron chi connectivity index (χ1n) is 10.6. The van der Waals surface area contributed by atoms with Crippen LogP contribution in [-0.4, -0.2) is 39.8 Å². The quantitative estimate of drug-likeness (QED) is 0.233. The Bertz CT molecular complexity index is 1450. The van der Waals surface area contributed by atoms with Gasteiger partial charge in [-0.1, -0.05) is 30.3 Å². The van der Waals surface area contributed by atoms with Crippen molar-refractivity contribution in [2.24, 2.45) is 0 Å². The number of carbonyl (C=O) groups is 2. The number of esters is 1. The number of hydrogen-bond acceptors (Lipinski definition) is 8. The van der Waals surface area contributed by atoms with E-state index in [1.165, 1.54) is 39.5 Å². The van der Waals surface area contributed by atoms with E-state index in [0.717, 1.165) is 10.8 Å². The van der Waals surface area contributed by atoms with E-state index >= 15 is 0 Å². The van der Waals surface area contributed by atoms with Gasteiger partial charge in [-0.3, -0.25) is 9.59 Å². The number of hydrogen-bond donors (Lipinski definition) is 1. The van der Waals surface area contributed by atoms with Crippen LogP contribution in [0.4, 0.5) is 0 Å². The summed E-state index contributed by atoms with van der Waals surface area (Å²) in [6.45, 7) is -0.537. The Kier molecular flexibility index (Phi) is 6.86. The van der Waals surface area contributed by atoms with Gasteiger partial charge in [0.15, 0.2) is 11.5 Å². The number of benzene rings is 3. The fourth-order valence-corrected chi connectivity index (χ4v) is 3.81. The molecule has 0 fully saturated rings. The number of methoxy groups -OCH3 is 3. The van der Waals surface area contributed by atoms with Crippen LogP contribution in [0.15, 0.2) is 63.8 Å². The Morgan fingerprint density at radius 2 is 1.63 bits per heavy atom. The predicted octanol–water partition coefficient (Wildman–Crippen LogP) is 3.45. The van der Waals surface area contributed by atoms with Gasteiger partial charge in [0.2, 0.25) is 5.75 Å². The fourth-order valence-electron chi connectivity index (χ4n) is 3.81. The molecule has 0 radical (unpaired) electrons. The second-order valence-electron chi connectivity index (χ2n) is 7.51. The zero-order valence-corrected chi connectivity index (χ0v) is 19.4. The lowest BCUT2D eigenvalue weighted by molar-refractivity contribution is -0.143. The highest BCUT2D eigenvalue weighted by molar-refractivity contribution is 6.07. The minimum absolute atomic E-state index is 0.158. The van der Waals surface area contributed by atoms with E-state index < -0.39 is 17.5 Å². The van der Waals surface area contributed by atoms with Gasteiger partial charge in [0.05, 0.1) is 21.3 Å². The van der Waals surface area contributed by atoms with Gasteiger partial charge < -0.3 is 28.7 Å². The van der Waals surface area contributed by atoms with E-state index in [4.69, 9.17) is 23.4 Å². The molecule has 4 aromatic rings. The highest BCUT2D eigenvalue weighted by Crippen LogP contribution is 2.38. The maximum Gasteiger partial charge on any atom is 0.336 e. The first-order chi connectivity index (χ1) is 16.9. The molecule has 9 heteroatoms. The van der Waals surface area contributed by atoms with Gasteiger partial charge in [-0.05, 0) is 29.0 Å². The maximum absolute atomic E-state index is 12.6. The van der Waals surface area contributed by atoms with Crippen molar-refractivity contribution in [1.29, 1.82) is 0 Å². The zero-order chi connectivity index (χ0) is 24.9. The second kappa shape index (κ2) is 10.2. The molecule has 180 valence electrons. The number of ether oxygens (including phenoxy) is 4. The Morgan fingerprint density at radius 1 is 0.914 bits per heavy atom. The molecule has 3 aromatic carbocycles. The van der Waals surface area contributed by atoms with Gasteiger partial charge in [0.1, 0.15) is 18.7 Å². The third kappa shape index (κ3) is 4.89. The summed E-state index contributed by atoms with van der Waals surface area (Å²) in [6, 6.07) is 15.4. The molecule has 0 unspecified atom stereocenters. The second-order valence-corrected chi connectivity index (χ2v) is 7.51. The highest BCUT2D eigenvalue weighted by Gasteiger charge is 2.18. The lowest BCUT2D eigenvalue weighted by atomic mass is 10.0. The van der Waals surface area contributed by atoms with E-state index in [1.54, 1.807) is 6.07 Å². The number of fused-ring (bicyclic) bond motifs is 3. The first kappa shape index (κ1) is 23.6. The summed E-state index contributed by atoms with van der Waals surface area (Å²) in [4.78, 5) is 37.0. The molecule has 0 saturated heterocycles. The zero-order valence-electron chi connectivity index (χ0n) is 19.4. The molecule has 0 aliphatic rings. The van der Waals surface area contributed by atoms with E-state index in [2.05, 4.69) is 5.32 Å². The summed E-state index contributed by atoms with van der Waals surface area (Å²) in [5.74, 6) is -0.244. The average molecular weight is 477 g/mol. The predicted molar refractivity (Wildman–Crippen MR) is 128 cm³/mol. The molecule has 0 aliphatic carbocycles. The number of amides is 1. The van der Waals surface area contributed by atoms with Crippen LogP contribution in [0.2, 0.25) is 0 Å². The van der Waals surface area contributed by atoms with E-state index in [0.29, 0.717) is 33.8 Å². The van der Waals surface area contributed by atoms with Crippen molar-refractivity contribution < 1.29 is 33.0 Å². The Labute approximate surface area is 200 Å². The monoisotopic (exact) mass is 477 g/mol. The van der Waals surface area contributed by atoms with Crippen LogP contribution in [-0.2, 0) is 16.1 Å². The van der Waals surface area contributed by atoms with Crippen molar-refractivity contribution in [3.63, 3.8) is 0 Å². The standard InChI is InChI=1S/C26H23NO8/c1-31-20-10-16(11-21(32-2)25(20)33-3)26(30)27-13-23(29)34-14-17-12-22(28)35-19-9-8-15-6-4-5-7-18(15)24(17)19/h4-12H,13-14H2,1-3H3,(H,27,30). The van der Waals surface area contributed by atoms with Crippen LogP contribution in [0.25, 0.3) is 21.7 Å². The molecule has 9 nitrogen and oxygen atoms in total. The summed E-state index contributed by atoms with van der Waals surface area (Å²) in [6.07, 6.45) is 0. The first-order valence-corrected chi connectivity index (χ1v) is 10.6. The third-order valence-corrected chi connectivity index (χ3v) is 5.42. The van der Waals surface area contributed by atoms with Crippen molar-refractivity contribution in [3.8, 4) is 17.2 Å². The highest BCUT2D eigenvalue weighted by atomic mass is 16.5. The van der Waals surface area contributed by atoms with Crippen LogP contribution in [0, 0.1) is 0 Å². The van der Waals surface area contributed by atoms with Crippen molar-refractivity contribution in [2.75, 3.05) is 27.9 Å². The molecule has 1 amide bonds. The topological polar surface area (TPSA) is 113 Å². The van der Waals surface area contributed by atoms with Crippen molar-refractivity contribution in [1.82, 2.24) is 5.32 Å². The molecular formula is C26H23NO8. The summed E-state index contributed by atoms with van der Waals surface area (Å²) in [5, 5.41) is 5.03. The van der Waals surface area contributed by atoms with E-state index in [9.17, 15) is 14.4 Å². The van der Waals surface area contributed by atoms with Crippen LogP contribution < -0.4 is 25.2 Å². The molecule has 0 atom stereocenters. The molecule has 0 saturated carbocycles. The fraction of sp³-hybridized carbons (Fsp3) is 0.192. The summed E-state index contributed by atoms with van der Waals surface area (Å²) in [7, 11) is 4.33. The van der Waals surface area contributed by atoms with Gasteiger partial charge in [-0.2, -0.15) is 0 Å². The summed E-state index contributed by atoms with van der Waals surface area (Å²) in [5.41, 5.74) is 0.579. The summed E-state index contributed by atoms with van der Waals surface area (Å²) >= 11 is 0. The van der Waals surface area contributed by atoms with Gasteiger partial charge in [-0.15, -0.1) is 0 Å². The number of nitrogens with one attached hydrogen (secondary N) is 1. The molecule has 0 bridgehead atoms. The lowest BCUT2D eigenvalue weighted by Crippen LogP contribution is -2.30. The van der Waals surface area contributed by atoms with Crippen molar-refractivity contribution >= 4 is 33.6 Å². The molecule has 0 spiro atoms. The minimum atomic E-state index is -0.674. The molecule has 1 heterocycles. The van der Waals surface area contributed by atoms with E-state index in [1.807, 2.05) is 30.3 Å².